The van der Waals surface area contributed by atoms with Gasteiger partial charge in [0, 0.05) is 20.4 Å². The minimum Gasteiger partial charge on any atom is -0.389 e. The molecule has 0 bridgehead atoms. The maximum Gasteiger partial charge on any atom is 0.255 e. The number of anilines is 1. The molecule has 0 aliphatic carbocycles. The molecular formula is C14H11IN2OS. The number of hydrogen-bond donors (Lipinski definition) is 2. The molecule has 0 aliphatic heterocycles. The van der Waals surface area contributed by atoms with Gasteiger partial charge in [-0.15, -0.1) is 0 Å². The Bertz CT molecular complexity index is 626. The molecule has 0 spiro atoms. The summed E-state index contributed by atoms with van der Waals surface area (Å²) in [6, 6.07) is 14.5. The molecule has 3 nitrogen and oxygen atoms in total. The molecule has 2 aromatic rings. The van der Waals surface area contributed by atoms with Gasteiger partial charge in [0.15, 0.2) is 0 Å². The highest BCUT2D eigenvalue weighted by molar-refractivity contribution is 14.1. The number of thiocarbonyl (C=S) groups is 1. The highest BCUT2D eigenvalue weighted by atomic mass is 127. The number of nitrogens with one attached hydrogen (secondary N) is 1. The van der Waals surface area contributed by atoms with Crippen molar-refractivity contribution in [1.29, 1.82) is 0 Å². The van der Waals surface area contributed by atoms with E-state index in [4.69, 9.17) is 18.0 Å². The molecule has 0 aliphatic rings. The number of nitrogens with two attached hydrogens (primary N) is 1. The number of amides is 1. The van der Waals surface area contributed by atoms with Gasteiger partial charge in [0.2, 0.25) is 0 Å². The number of benzene rings is 2. The summed E-state index contributed by atoms with van der Waals surface area (Å²) in [4.78, 5) is 12.4. The van der Waals surface area contributed by atoms with Gasteiger partial charge in [0.25, 0.3) is 5.91 Å². The second-order valence-electron chi connectivity index (χ2n) is 3.91. The summed E-state index contributed by atoms with van der Waals surface area (Å²) in [5.41, 5.74) is 7.52. The second-order valence-corrected chi connectivity index (χ2v) is 5.59. The van der Waals surface area contributed by atoms with Crippen LogP contribution in [-0.2, 0) is 0 Å². The maximum atomic E-state index is 12.1. The van der Waals surface area contributed by atoms with Gasteiger partial charge < -0.3 is 11.1 Å². The van der Waals surface area contributed by atoms with Crippen LogP contribution in [0.25, 0.3) is 0 Å². The normalized spacial score (nSPS) is 9.95. The van der Waals surface area contributed by atoms with Crippen LogP contribution in [0.1, 0.15) is 15.9 Å². The van der Waals surface area contributed by atoms with Crippen molar-refractivity contribution < 1.29 is 4.79 Å². The Hall–Kier alpha value is -1.47. The zero-order valence-electron chi connectivity index (χ0n) is 9.89. The lowest BCUT2D eigenvalue weighted by molar-refractivity contribution is 0.102. The summed E-state index contributed by atoms with van der Waals surface area (Å²) < 4.78 is 1.12. The van der Waals surface area contributed by atoms with Gasteiger partial charge in [0.1, 0.15) is 4.99 Å². The summed E-state index contributed by atoms with van der Waals surface area (Å²) in [5, 5.41) is 2.83. The Balaban J connectivity index is 2.18. The molecule has 2 aromatic carbocycles. The van der Waals surface area contributed by atoms with Crippen LogP contribution in [0.2, 0.25) is 0 Å². The fourth-order valence-electron chi connectivity index (χ4n) is 1.55. The first kappa shape index (κ1) is 14.0. The third-order valence-corrected chi connectivity index (χ3v) is 3.47. The SMILES string of the molecule is NC(=S)c1cccc(C(=O)Nc2ccc(I)cc2)c1. The third kappa shape index (κ3) is 3.74. The van der Waals surface area contributed by atoms with Crippen molar-refractivity contribution in [3.05, 3.63) is 63.2 Å². The van der Waals surface area contributed by atoms with E-state index in [-0.39, 0.29) is 10.9 Å². The van der Waals surface area contributed by atoms with Crippen LogP contribution in [0.4, 0.5) is 5.69 Å². The van der Waals surface area contributed by atoms with E-state index >= 15 is 0 Å². The van der Waals surface area contributed by atoms with E-state index in [1.807, 2.05) is 24.3 Å². The van der Waals surface area contributed by atoms with Gasteiger partial charge in [-0.2, -0.15) is 0 Å². The van der Waals surface area contributed by atoms with Crippen LogP contribution in [0.5, 0.6) is 0 Å². The van der Waals surface area contributed by atoms with Crippen molar-refractivity contribution in [2.75, 3.05) is 5.32 Å². The van der Waals surface area contributed by atoms with E-state index in [0.717, 1.165) is 9.26 Å². The summed E-state index contributed by atoms with van der Waals surface area (Å²) in [7, 11) is 0. The fourth-order valence-corrected chi connectivity index (χ4v) is 2.04. The van der Waals surface area contributed by atoms with E-state index < -0.39 is 0 Å². The fraction of sp³-hybridized carbons (Fsp3) is 0. The summed E-state index contributed by atoms with van der Waals surface area (Å²) in [6.45, 7) is 0. The summed E-state index contributed by atoms with van der Waals surface area (Å²) >= 11 is 7.11. The molecule has 19 heavy (non-hydrogen) atoms. The maximum absolute atomic E-state index is 12.1. The standard InChI is InChI=1S/C14H11IN2OS/c15-11-4-6-12(7-5-11)17-14(18)10-3-1-2-9(8-10)13(16)19/h1-8H,(H2,16,19)(H,17,18). The molecule has 1 amide bonds. The lowest BCUT2D eigenvalue weighted by Crippen LogP contribution is -2.14. The zero-order valence-corrected chi connectivity index (χ0v) is 12.9. The summed E-state index contributed by atoms with van der Waals surface area (Å²) in [6.07, 6.45) is 0. The predicted molar refractivity (Wildman–Crippen MR) is 89.4 cm³/mol. The zero-order chi connectivity index (χ0) is 13.8. The number of carbonyl (C=O) groups excluding carboxylic acids is 1. The lowest BCUT2D eigenvalue weighted by atomic mass is 10.1. The van der Waals surface area contributed by atoms with Crippen LogP contribution in [0.3, 0.4) is 0 Å². The monoisotopic (exact) mass is 382 g/mol. The largest absolute Gasteiger partial charge is 0.389 e. The Kier molecular flexibility index (Phi) is 4.49. The second kappa shape index (κ2) is 6.12. The molecule has 2 rings (SSSR count). The van der Waals surface area contributed by atoms with Gasteiger partial charge in [-0.1, -0.05) is 24.4 Å². The molecule has 0 unspecified atom stereocenters. The molecule has 0 saturated carbocycles. The quantitative estimate of drug-likeness (QED) is 0.634. The Labute approximate surface area is 130 Å². The van der Waals surface area contributed by atoms with Crippen molar-refractivity contribution in [3.63, 3.8) is 0 Å². The average molecular weight is 382 g/mol. The predicted octanol–water partition coefficient (Wildman–Crippen LogP) is 3.18. The molecule has 0 fully saturated rings. The highest BCUT2D eigenvalue weighted by Crippen LogP contribution is 2.13. The van der Waals surface area contributed by atoms with Crippen LogP contribution in [-0.4, -0.2) is 10.9 Å². The van der Waals surface area contributed by atoms with Crippen LogP contribution in [0.15, 0.2) is 48.5 Å². The Morgan fingerprint density at radius 3 is 2.37 bits per heavy atom. The van der Waals surface area contributed by atoms with E-state index in [1.54, 1.807) is 24.3 Å². The molecule has 0 saturated heterocycles. The van der Waals surface area contributed by atoms with E-state index in [0.29, 0.717) is 11.1 Å². The van der Waals surface area contributed by atoms with E-state index in [2.05, 4.69) is 27.9 Å². The number of halogens is 1. The van der Waals surface area contributed by atoms with Crippen LogP contribution < -0.4 is 11.1 Å². The van der Waals surface area contributed by atoms with Crippen molar-refractivity contribution in [2.24, 2.45) is 5.73 Å². The minimum absolute atomic E-state index is 0.181. The lowest BCUT2D eigenvalue weighted by Gasteiger charge is -2.06. The minimum atomic E-state index is -0.181. The highest BCUT2D eigenvalue weighted by Gasteiger charge is 2.07. The molecule has 96 valence electrons. The molecule has 5 heteroatoms. The summed E-state index contributed by atoms with van der Waals surface area (Å²) in [5.74, 6) is -0.181. The molecule has 0 aromatic heterocycles. The molecule has 3 N–H and O–H groups in total. The first-order chi connectivity index (χ1) is 9.06. The Morgan fingerprint density at radius 2 is 1.74 bits per heavy atom. The molecule has 0 heterocycles. The van der Waals surface area contributed by atoms with Crippen LogP contribution in [0, 0.1) is 3.57 Å². The number of hydrogen-bond acceptors (Lipinski definition) is 2. The Morgan fingerprint density at radius 1 is 1.11 bits per heavy atom. The van der Waals surface area contributed by atoms with E-state index in [1.165, 1.54) is 0 Å². The van der Waals surface area contributed by atoms with Gasteiger partial charge in [0.05, 0.1) is 0 Å². The molecule has 0 atom stereocenters. The third-order valence-electron chi connectivity index (χ3n) is 2.51. The van der Waals surface area contributed by atoms with Crippen molar-refractivity contribution >= 4 is 51.4 Å². The smallest absolute Gasteiger partial charge is 0.255 e. The van der Waals surface area contributed by atoms with Gasteiger partial charge >= 0.3 is 0 Å². The number of carbonyl (C=O) groups is 1. The van der Waals surface area contributed by atoms with Gasteiger partial charge in [-0.25, -0.2) is 0 Å². The topological polar surface area (TPSA) is 55.1 Å². The molecular weight excluding hydrogens is 371 g/mol. The van der Waals surface area contributed by atoms with Crippen molar-refractivity contribution in [1.82, 2.24) is 0 Å². The van der Waals surface area contributed by atoms with Gasteiger partial charge in [-0.05, 0) is 59.0 Å². The van der Waals surface area contributed by atoms with E-state index in [9.17, 15) is 4.79 Å². The average Bonchev–Trinajstić information content (AvgIpc) is 2.41. The van der Waals surface area contributed by atoms with Gasteiger partial charge in [-0.3, -0.25) is 4.79 Å². The van der Waals surface area contributed by atoms with Crippen molar-refractivity contribution in [3.8, 4) is 0 Å². The molecule has 0 radical (unpaired) electrons. The number of rotatable bonds is 3. The van der Waals surface area contributed by atoms with Crippen molar-refractivity contribution in [2.45, 2.75) is 0 Å². The van der Waals surface area contributed by atoms with Crippen LogP contribution >= 0.6 is 34.8 Å². The first-order valence-electron chi connectivity index (χ1n) is 5.53. The first-order valence-corrected chi connectivity index (χ1v) is 7.02.